The summed E-state index contributed by atoms with van der Waals surface area (Å²) in [5.74, 6) is 0.979. The van der Waals surface area contributed by atoms with E-state index in [4.69, 9.17) is 6.42 Å². The SMILES string of the molecule is C#CCn1ccc(C[C@@]2(C(=O)O)[C@H](C=CC(=O)OC)C2(C)C)c1. The molecule has 0 bridgehead atoms. The van der Waals surface area contributed by atoms with Crippen LogP contribution in [0.4, 0.5) is 0 Å². The first kappa shape index (κ1) is 16.9. The van der Waals surface area contributed by atoms with Gasteiger partial charge in [-0.1, -0.05) is 25.8 Å². The predicted octanol–water partition coefficient (Wildman–Crippen LogP) is 2.12. The Balaban J connectivity index is 2.26. The lowest BCUT2D eigenvalue weighted by atomic mass is 9.89. The molecule has 0 saturated heterocycles. The lowest BCUT2D eigenvalue weighted by Gasteiger charge is -2.14. The summed E-state index contributed by atoms with van der Waals surface area (Å²) >= 11 is 0. The Bertz CT molecular complexity index is 692. The number of esters is 1. The number of nitrogens with zero attached hydrogens (tertiary/aromatic N) is 1. The molecular formula is C18H21NO4. The van der Waals surface area contributed by atoms with Gasteiger partial charge >= 0.3 is 11.9 Å². The van der Waals surface area contributed by atoms with Crippen LogP contribution >= 0.6 is 0 Å². The maximum atomic E-state index is 12.0. The van der Waals surface area contributed by atoms with Crippen LogP contribution in [0.5, 0.6) is 0 Å². The van der Waals surface area contributed by atoms with E-state index in [-0.39, 0.29) is 5.92 Å². The smallest absolute Gasteiger partial charge is 0.330 e. The van der Waals surface area contributed by atoms with Crippen molar-refractivity contribution in [2.75, 3.05) is 7.11 Å². The van der Waals surface area contributed by atoms with Gasteiger partial charge in [-0.2, -0.15) is 0 Å². The number of aromatic nitrogens is 1. The van der Waals surface area contributed by atoms with Gasteiger partial charge in [0.15, 0.2) is 0 Å². The normalized spacial score (nSPS) is 25.0. The van der Waals surface area contributed by atoms with E-state index in [0.717, 1.165) is 5.56 Å². The summed E-state index contributed by atoms with van der Waals surface area (Å²) in [5.41, 5.74) is -0.457. The van der Waals surface area contributed by atoms with Gasteiger partial charge in [-0.3, -0.25) is 4.79 Å². The number of carboxylic acid groups (broad SMARTS) is 1. The molecule has 0 aromatic carbocycles. The molecule has 0 spiro atoms. The maximum absolute atomic E-state index is 12.0. The molecule has 5 heteroatoms. The van der Waals surface area contributed by atoms with Gasteiger partial charge in [0, 0.05) is 24.4 Å². The molecular weight excluding hydrogens is 294 g/mol. The van der Waals surface area contributed by atoms with Crippen molar-refractivity contribution in [3.63, 3.8) is 0 Å². The average Bonchev–Trinajstić information content (AvgIpc) is 2.78. The van der Waals surface area contributed by atoms with Crippen molar-refractivity contribution in [1.29, 1.82) is 0 Å². The van der Waals surface area contributed by atoms with Crippen LogP contribution in [0.3, 0.4) is 0 Å². The number of hydrogen-bond donors (Lipinski definition) is 1. The molecule has 1 aromatic rings. The fourth-order valence-corrected chi connectivity index (χ4v) is 3.49. The highest BCUT2D eigenvalue weighted by Crippen LogP contribution is 2.71. The molecule has 122 valence electrons. The van der Waals surface area contributed by atoms with Crippen molar-refractivity contribution in [3.05, 3.63) is 36.2 Å². The molecule has 5 nitrogen and oxygen atoms in total. The molecule has 0 unspecified atom stereocenters. The number of terminal acetylenes is 1. The van der Waals surface area contributed by atoms with Crippen molar-refractivity contribution >= 4 is 11.9 Å². The van der Waals surface area contributed by atoms with E-state index in [2.05, 4.69) is 10.7 Å². The summed E-state index contributed by atoms with van der Waals surface area (Å²) in [6.45, 7) is 4.27. The van der Waals surface area contributed by atoms with Crippen molar-refractivity contribution in [2.24, 2.45) is 16.7 Å². The summed E-state index contributed by atoms with van der Waals surface area (Å²) in [5, 5.41) is 9.81. The summed E-state index contributed by atoms with van der Waals surface area (Å²) in [4.78, 5) is 23.3. The Morgan fingerprint density at radius 1 is 1.52 bits per heavy atom. The lowest BCUT2D eigenvalue weighted by molar-refractivity contribution is -0.145. The van der Waals surface area contributed by atoms with E-state index < -0.39 is 22.8 Å². The van der Waals surface area contributed by atoms with Crippen LogP contribution in [0.25, 0.3) is 0 Å². The van der Waals surface area contributed by atoms with Crippen LogP contribution in [0.15, 0.2) is 30.6 Å². The highest BCUT2D eigenvalue weighted by atomic mass is 16.5. The number of aliphatic carboxylic acids is 1. The molecule has 1 aliphatic carbocycles. The molecule has 2 atom stereocenters. The second-order valence-electron chi connectivity index (χ2n) is 6.43. The molecule has 1 saturated carbocycles. The van der Waals surface area contributed by atoms with E-state index in [0.29, 0.717) is 13.0 Å². The van der Waals surface area contributed by atoms with Gasteiger partial charge < -0.3 is 14.4 Å². The maximum Gasteiger partial charge on any atom is 0.330 e. The number of hydrogen-bond acceptors (Lipinski definition) is 3. The van der Waals surface area contributed by atoms with Crippen LogP contribution in [0.2, 0.25) is 0 Å². The number of methoxy groups -OCH3 is 1. The largest absolute Gasteiger partial charge is 0.481 e. The monoisotopic (exact) mass is 315 g/mol. The van der Waals surface area contributed by atoms with Crippen molar-refractivity contribution in [1.82, 2.24) is 4.57 Å². The van der Waals surface area contributed by atoms with Crippen LogP contribution in [-0.2, 0) is 27.3 Å². The van der Waals surface area contributed by atoms with Gasteiger partial charge in [-0.25, -0.2) is 4.79 Å². The molecule has 2 rings (SSSR count). The minimum atomic E-state index is -0.931. The van der Waals surface area contributed by atoms with Gasteiger partial charge in [0.2, 0.25) is 0 Å². The van der Waals surface area contributed by atoms with Crippen molar-refractivity contribution in [2.45, 2.75) is 26.8 Å². The second kappa shape index (κ2) is 5.96. The highest BCUT2D eigenvalue weighted by Gasteiger charge is 2.74. The number of allylic oxidation sites excluding steroid dienone is 1. The zero-order valence-corrected chi connectivity index (χ0v) is 13.6. The molecule has 1 fully saturated rings. The van der Waals surface area contributed by atoms with E-state index in [1.165, 1.54) is 13.2 Å². The average molecular weight is 315 g/mol. The van der Waals surface area contributed by atoms with Crippen LogP contribution in [0, 0.1) is 29.1 Å². The van der Waals surface area contributed by atoms with Gasteiger partial charge in [0.25, 0.3) is 0 Å². The van der Waals surface area contributed by atoms with Gasteiger partial charge in [0.05, 0.1) is 19.1 Å². The fourth-order valence-electron chi connectivity index (χ4n) is 3.49. The second-order valence-corrected chi connectivity index (χ2v) is 6.43. The summed E-state index contributed by atoms with van der Waals surface area (Å²) < 4.78 is 6.43. The molecule has 0 amide bonds. The molecule has 1 N–H and O–H groups in total. The Labute approximate surface area is 135 Å². The third kappa shape index (κ3) is 2.77. The quantitative estimate of drug-likeness (QED) is 0.496. The number of ether oxygens (including phenoxy) is 1. The van der Waals surface area contributed by atoms with E-state index in [1.54, 1.807) is 6.08 Å². The minimum Gasteiger partial charge on any atom is -0.481 e. The highest BCUT2D eigenvalue weighted by molar-refractivity contribution is 5.85. The summed E-state index contributed by atoms with van der Waals surface area (Å²) in [6.07, 6.45) is 12.4. The summed E-state index contributed by atoms with van der Waals surface area (Å²) in [6, 6.07) is 1.89. The third-order valence-corrected chi connectivity index (χ3v) is 4.95. The molecule has 1 aliphatic rings. The Morgan fingerprint density at radius 2 is 2.22 bits per heavy atom. The summed E-state index contributed by atoms with van der Waals surface area (Å²) in [7, 11) is 1.30. The third-order valence-electron chi connectivity index (χ3n) is 4.95. The van der Waals surface area contributed by atoms with E-state index in [9.17, 15) is 14.7 Å². The van der Waals surface area contributed by atoms with Gasteiger partial charge in [-0.15, -0.1) is 6.42 Å². The Hall–Kier alpha value is -2.48. The minimum absolute atomic E-state index is 0.234. The Morgan fingerprint density at radius 3 is 2.78 bits per heavy atom. The first-order valence-corrected chi connectivity index (χ1v) is 7.37. The molecule has 1 aromatic heterocycles. The van der Waals surface area contributed by atoms with Gasteiger partial charge in [0.1, 0.15) is 0 Å². The molecule has 0 radical (unpaired) electrons. The molecule has 23 heavy (non-hydrogen) atoms. The van der Waals surface area contributed by atoms with Crippen molar-refractivity contribution < 1.29 is 19.4 Å². The first-order chi connectivity index (χ1) is 10.8. The Kier molecular flexibility index (Phi) is 4.37. The predicted molar refractivity (Wildman–Crippen MR) is 85.5 cm³/mol. The number of carbonyl (C=O) groups excluding carboxylic acids is 1. The zero-order valence-electron chi connectivity index (χ0n) is 13.6. The molecule has 0 aliphatic heterocycles. The van der Waals surface area contributed by atoms with Crippen molar-refractivity contribution in [3.8, 4) is 12.3 Å². The topological polar surface area (TPSA) is 68.5 Å². The zero-order chi connectivity index (χ0) is 17.3. The van der Waals surface area contributed by atoms with E-state index >= 15 is 0 Å². The van der Waals surface area contributed by atoms with Crippen LogP contribution in [-0.4, -0.2) is 28.7 Å². The van der Waals surface area contributed by atoms with Gasteiger partial charge in [-0.05, 0) is 23.5 Å². The number of carbonyl (C=O) groups is 2. The number of carboxylic acids is 1. The lowest BCUT2D eigenvalue weighted by Crippen LogP contribution is -2.24. The van der Waals surface area contributed by atoms with Crippen LogP contribution < -0.4 is 0 Å². The fraction of sp³-hybridized carbons (Fsp3) is 0.444. The first-order valence-electron chi connectivity index (χ1n) is 7.37. The number of rotatable bonds is 6. The molecule has 1 heterocycles. The standard InChI is InChI=1S/C18H21NO4/c1-5-9-19-10-8-13(12-19)11-18(16(21)22)14(17(18,2)3)6-7-15(20)23-4/h1,6-8,10,12,14H,9,11H2,2-4H3,(H,21,22)/t14-,18+/m1/s1. The van der Waals surface area contributed by atoms with E-state index in [1.807, 2.05) is 36.9 Å². The van der Waals surface area contributed by atoms with Crippen LogP contribution in [0.1, 0.15) is 19.4 Å².